The summed E-state index contributed by atoms with van der Waals surface area (Å²) in [4.78, 5) is 5.86. The van der Waals surface area contributed by atoms with Crippen LogP contribution in [0, 0.1) is 0 Å². The van der Waals surface area contributed by atoms with Crippen molar-refractivity contribution in [2.24, 2.45) is 0 Å². The van der Waals surface area contributed by atoms with Gasteiger partial charge in [-0.05, 0) is 23.3 Å². The Labute approximate surface area is 169 Å². The molecule has 0 fully saturated rings. The van der Waals surface area contributed by atoms with Crippen LogP contribution >= 0.6 is 11.6 Å². The average Bonchev–Trinajstić information content (AvgIpc) is 3.14. The molecule has 0 aliphatic carbocycles. The summed E-state index contributed by atoms with van der Waals surface area (Å²) in [5.41, 5.74) is 4.96. The molecule has 5 nitrogen and oxygen atoms in total. The SMILES string of the molecule is Clc1ccccc1Cn1nc(CNCc2cccnc2)c(-c2ccccc2)n1. The monoisotopic (exact) mass is 389 g/mol. The van der Waals surface area contributed by atoms with Gasteiger partial charge in [-0.15, -0.1) is 0 Å². The van der Waals surface area contributed by atoms with Crippen LogP contribution in [-0.4, -0.2) is 20.0 Å². The Morgan fingerprint density at radius 1 is 0.857 bits per heavy atom. The van der Waals surface area contributed by atoms with Crippen LogP contribution in [0.4, 0.5) is 0 Å². The van der Waals surface area contributed by atoms with Crippen LogP contribution in [0.1, 0.15) is 16.8 Å². The van der Waals surface area contributed by atoms with Gasteiger partial charge >= 0.3 is 0 Å². The third kappa shape index (κ3) is 4.44. The third-order valence-electron chi connectivity index (χ3n) is 4.39. The molecule has 28 heavy (non-hydrogen) atoms. The number of hydrogen-bond acceptors (Lipinski definition) is 4. The summed E-state index contributed by atoms with van der Waals surface area (Å²) in [7, 11) is 0. The van der Waals surface area contributed by atoms with Crippen molar-refractivity contribution in [3.63, 3.8) is 0 Å². The predicted octanol–water partition coefficient (Wildman–Crippen LogP) is 4.33. The van der Waals surface area contributed by atoms with Crippen LogP contribution < -0.4 is 5.32 Å². The first-order chi connectivity index (χ1) is 13.8. The topological polar surface area (TPSA) is 55.6 Å². The highest BCUT2D eigenvalue weighted by Gasteiger charge is 2.14. The standard InChI is InChI=1S/C22H20ClN5/c23-20-11-5-4-10-19(20)16-28-26-21(15-25-14-17-7-6-12-24-13-17)22(27-28)18-8-2-1-3-9-18/h1-13,25H,14-16H2. The zero-order chi connectivity index (χ0) is 19.2. The smallest absolute Gasteiger partial charge is 0.117 e. The van der Waals surface area contributed by atoms with Gasteiger partial charge in [0.1, 0.15) is 11.4 Å². The molecule has 0 radical (unpaired) electrons. The predicted molar refractivity (Wildman–Crippen MR) is 111 cm³/mol. The molecule has 0 saturated heterocycles. The molecule has 2 aromatic heterocycles. The van der Waals surface area contributed by atoms with E-state index >= 15 is 0 Å². The second kappa shape index (κ2) is 8.78. The minimum Gasteiger partial charge on any atom is -0.307 e. The van der Waals surface area contributed by atoms with E-state index in [1.807, 2.05) is 60.8 Å². The molecule has 0 amide bonds. The molecule has 0 unspecified atom stereocenters. The highest BCUT2D eigenvalue weighted by atomic mass is 35.5. The van der Waals surface area contributed by atoms with E-state index in [9.17, 15) is 0 Å². The summed E-state index contributed by atoms with van der Waals surface area (Å²) in [5, 5.41) is 13.6. The molecule has 4 rings (SSSR count). The number of aromatic nitrogens is 4. The van der Waals surface area contributed by atoms with Crippen molar-refractivity contribution >= 4 is 11.6 Å². The van der Waals surface area contributed by atoms with Gasteiger partial charge in [-0.25, -0.2) is 0 Å². The number of nitrogens with zero attached hydrogens (tertiary/aromatic N) is 4. The van der Waals surface area contributed by atoms with Gasteiger partial charge in [0.25, 0.3) is 0 Å². The Hall–Kier alpha value is -3.02. The van der Waals surface area contributed by atoms with E-state index < -0.39 is 0 Å². The van der Waals surface area contributed by atoms with E-state index in [4.69, 9.17) is 21.8 Å². The van der Waals surface area contributed by atoms with E-state index in [2.05, 4.69) is 22.4 Å². The Morgan fingerprint density at radius 2 is 1.68 bits per heavy atom. The zero-order valence-electron chi connectivity index (χ0n) is 15.3. The molecule has 0 aliphatic rings. The lowest BCUT2D eigenvalue weighted by molar-refractivity contribution is 0.576. The molecule has 0 aliphatic heterocycles. The zero-order valence-corrected chi connectivity index (χ0v) is 16.0. The molecule has 0 bridgehead atoms. The van der Waals surface area contributed by atoms with E-state index in [1.165, 1.54) is 0 Å². The van der Waals surface area contributed by atoms with Gasteiger partial charge in [0.2, 0.25) is 0 Å². The van der Waals surface area contributed by atoms with Crippen molar-refractivity contribution in [1.29, 1.82) is 0 Å². The van der Waals surface area contributed by atoms with Gasteiger partial charge in [-0.1, -0.05) is 66.2 Å². The lowest BCUT2D eigenvalue weighted by Gasteiger charge is -2.04. The average molecular weight is 390 g/mol. The number of rotatable bonds is 7. The van der Waals surface area contributed by atoms with Crippen molar-refractivity contribution in [3.8, 4) is 11.3 Å². The molecular formula is C22H20ClN5. The van der Waals surface area contributed by atoms with E-state index in [-0.39, 0.29) is 0 Å². The fourth-order valence-corrected chi connectivity index (χ4v) is 3.19. The van der Waals surface area contributed by atoms with Crippen molar-refractivity contribution in [3.05, 3.63) is 101 Å². The summed E-state index contributed by atoms with van der Waals surface area (Å²) in [6, 6.07) is 21.9. The van der Waals surface area contributed by atoms with E-state index in [1.54, 1.807) is 11.0 Å². The largest absolute Gasteiger partial charge is 0.307 e. The van der Waals surface area contributed by atoms with Crippen LogP contribution in [0.25, 0.3) is 11.3 Å². The van der Waals surface area contributed by atoms with Crippen molar-refractivity contribution in [1.82, 2.24) is 25.3 Å². The second-order valence-electron chi connectivity index (χ2n) is 6.45. The minimum absolute atomic E-state index is 0.530. The first-order valence-corrected chi connectivity index (χ1v) is 9.50. The molecule has 4 aromatic rings. The van der Waals surface area contributed by atoms with Gasteiger partial charge in [-0.2, -0.15) is 15.0 Å². The van der Waals surface area contributed by atoms with E-state index in [0.29, 0.717) is 13.1 Å². The minimum atomic E-state index is 0.530. The van der Waals surface area contributed by atoms with Crippen molar-refractivity contribution < 1.29 is 0 Å². The molecule has 2 aromatic carbocycles. The van der Waals surface area contributed by atoms with Gasteiger partial charge in [0.15, 0.2) is 0 Å². The Kier molecular flexibility index (Phi) is 5.75. The van der Waals surface area contributed by atoms with Crippen molar-refractivity contribution in [2.45, 2.75) is 19.6 Å². The Morgan fingerprint density at radius 3 is 2.46 bits per heavy atom. The maximum atomic E-state index is 6.30. The normalized spacial score (nSPS) is 10.9. The number of hydrogen-bond donors (Lipinski definition) is 1. The molecule has 140 valence electrons. The third-order valence-corrected chi connectivity index (χ3v) is 4.75. The number of benzene rings is 2. The molecular weight excluding hydrogens is 370 g/mol. The fourth-order valence-electron chi connectivity index (χ4n) is 3.00. The summed E-state index contributed by atoms with van der Waals surface area (Å²) < 4.78 is 0. The summed E-state index contributed by atoms with van der Waals surface area (Å²) in [6.07, 6.45) is 3.64. The first kappa shape index (κ1) is 18.3. The number of halogens is 1. The van der Waals surface area contributed by atoms with Crippen LogP contribution in [0.15, 0.2) is 79.1 Å². The Bertz CT molecular complexity index is 1030. The van der Waals surface area contributed by atoms with Crippen LogP contribution in [0.3, 0.4) is 0 Å². The lowest BCUT2D eigenvalue weighted by atomic mass is 10.1. The quantitative estimate of drug-likeness (QED) is 0.511. The molecule has 6 heteroatoms. The number of pyridine rings is 1. The number of nitrogens with one attached hydrogen (secondary N) is 1. The maximum absolute atomic E-state index is 6.30. The molecule has 0 saturated carbocycles. The maximum Gasteiger partial charge on any atom is 0.117 e. The Balaban J connectivity index is 1.56. The van der Waals surface area contributed by atoms with Crippen molar-refractivity contribution in [2.75, 3.05) is 0 Å². The second-order valence-corrected chi connectivity index (χ2v) is 6.86. The van der Waals surface area contributed by atoms with Gasteiger partial charge in [-0.3, -0.25) is 4.98 Å². The summed E-state index contributed by atoms with van der Waals surface area (Å²) in [5.74, 6) is 0. The van der Waals surface area contributed by atoms with Crippen LogP contribution in [0.2, 0.25) is 5.02 Å². The summed E-state index contributed by atoms with van der Waals surface area (Å²) in [6.45, 7) is 1.86. The van der Waals surface area contributed by atoms with Gasteiger partial charge < -0.3 is 5.32 Å². The fraction of sp³-hybridized carbons (Fsp3) is 0.136. The van der Waals surface area contributed by atoms with Gasteiger partial charge in [0.05, 0.1) is 6.54 Å². The highest BCUT2D eigenvalue weighted by Crippen LogP contribution is 2.21. The van der Waals surface area contributed by atoms with Crippen LogP contribution in [-0.2, 0) is 19.6 Å². The van der Waals surface area contributed by atoms with Crippen LogP contribution in [0.5, 0.6) is 0 Å². The molecule has 1 N–H and O–H groups in total. The van der Waals surface area contributed by atoms with E-state index in [0.717, 1.165) is 39.6 Å². The molecule has 2 heterocycles. The summed E-state index contributed by atoms with van der Waals surface area (Å²) >= 11 is 6.30. The first-order valence-electron chi connectivity index (χ1n) is 9.12. The molecule has 0 atom stereocenters. The highest BCUT2D eigenvalue weighted by molar-refractivity contribution is 6.31. The molecule has 0 spiro atoms. The lowest BCUT2D eigenvalue weighted by Crippen LogP contribution is -2.14. The van der Waals surface area contributed by atoms with Gasteiger partial charge in [0, 0.05) is 36.1 Å².